The number of hydrogen-bond acceptors (Lipinski definition) is 4. The zero-order valence-corrected chi connectivity index (χ0v) is 12.1. The quantitative estimate of drug-likeness (QED) is 0.925. The first-order chi connectivity index (χ1) is 9.74. The fourth-order valence-electron chi connectivity index (χ4n) is 2.71. The second kappa shape index (κ2) is 5.71. The van der Waals surface area contributed by atoms with Crippen molar-refractivity contribution >= 4 is 0 Å². The first-order valence-electron chi connectivity index (χ1n) is 7.29. The summed E-state index contributed by atoms with van der Waals surface area (Å²) in [7, 11) is 0. The molecule has 0 radical (unpaired) electrons. The van der Waals surface area contributed by atoms with Crippen molar-refractivity contribution in [3.05, 3.63) is 30.4 Å². The molecule has 0 saturated carbocycles. The first-order valence-corrected chi connectivity index (χ1v) is 7.29. The second-order valence-electron chi connectivity index (χ2n) is 5.71. The van der Waals surface area contributed by atoms with Crippen LogP contribution in [0.15, 0.2) is 24.7 Å². The Bertz CT molecular complexity index is 552. The molecule has 106 valence electrons. The summed E-state index contributed by atoms with van der Waals surface area (Å²) in [6, 6.07) is 2.32. The number of nitrogens with one attached hydrogen (secondary N) is 1. The Hall–Kier alpha value is -1.75. The smallest absolute Gasteiger partial charge is 0.107 e. The lowest BCUT2D eigenvalue weighted by Gasteiger charge is -2.11. The van der Waals surface area contributed by atoms with E-state index in [0.717, 1.165) is 36.6 Å². The van der Waals surface area contributed by atoms with Gasteiger partial charge in [-0.3, -0.25) is 14.6 Å². The molecule has 3 rings (SSSR count). The molecule has 2 aromatic heterocycles. The van der Waals surface area contributed by atoms with Crippen molar-refractivity contribution < 1.29 is 0 Å². The highest BCUT2D eigenvalue weighted by molar-refractivity contribution is 5.52. The molecule has 0 spiro atoms. The molecule has 2 aromatic rings. The Labute approximate surface area is 119 Å². The van der Waals surface area contributed by atoms with Crippen LogP contribution in [0, 0.1) is 5.92 Å². The van der Waals surface area contributed by atoms with E-state index in [1.165, 1.54) is 6.42 Å². The van der Waals surface area contributed by atoms with Gasteiger partial charge in [0, 0.05) is 18.4 Å². The zero-order chi connectivity index (χ0) is 13.9. The summed E-state index contributed by atoms with van der Waals surface area (Å²) in [5, 5.41) is 7.72. The van der Waals surface area contributed by atoms with E-state index >= 15 is 0 Å². The van der Waals surface area contributed by atoms with Gasteiger partial charge in [-0.15, -0.1) is 0 Å². The fraction of sp³-hybridized carbons (Fsp3) is 0.533. The van der Waals surface area contributed by atoms with Crippen LogP contribution in [0.25, 0.3) is 11.4 Å². The maximum atomic E-state index is 4.57. The van der Waals surface area contributed by atoms with Gasteiger partial charge in [0.05, 0.1) is 17.6 Å². The lowest BCUT2D eigenvalue weighted by molar-refractivity contribution is 0.537. The molecule has 0 unspecified atom stereocenters. The molecule has 0 aromatic carbocycles. The summed E-state index contributed by atoms with van der Waals surface area (Å²) in [6.07, 6.45) is 7.85. The normalized spacial score (nSPS) is 18.9. The lowest BCUT2D eigenvalue weighted by Crippen LogP contribution is -2.11. The minimum Gasteiger partial charge on any atom is -0.316 e. The molecule has 0 amide bonds. The van der Waals surface area contributed by atoms with Crippen LogP contribution in [0.5, 0.6) is 0 Å². The SMILES string of the molecule is CC(C)n1nccc1-c1cnc(C[C@@H]2CCNC2)cn1. The average Bonchev–Trinajstić information content (AvgIpc) is 3.10. The van der Waals surface area contributed by atoms with E-state index in [0.29, 0.717) is 12.0 Å². The van der Waals surface area contributed by atoms with E-state index in [9.17, 15) is 0 Å². The Balaban J connectivity index is 1.76. The van der Waals surface area contributed by atoms with Gasteiger partial charge >= 0.3 is 0 Å². The third-order valence-electron chi connectivity index (χ3n) is 3.79. The van der Waals surface area contributed by atoms with Crippen molar-refractivity contribution in [3.8, 4) is 11.4 Å². The van der Waals surface area contributed by atoms with Crippen molar-refractivity contribution in [3.63, 3.8) is 0 Å². The number of nitrogens with zero attached hydrogens (tertiary/aromatic N) is 4. The van der Waals surface area contributed by atoms with E-state index in [-0.39, 0.29) is 0 Å². The Morgan fingerprint density at radius 3 is 2.90 bits per heavy atom. The molecule has 0 aliphatic carbocycles. The standard InChI is InChI=1S/C15H21N5/c1-11(2)20-15(4-6-19-20)14-10-17-13(9-18-14)7-12-3-5-16-8-12/h4,6,9-12,16H,3,5,7-8H2,1-2H3/t12-/m0/s1. The maximum Gasteiger partial charge on any atom is 0.107 e. The number of rotatable bonds is 4. The van der Waals surface area contributed by atoms with Crippen molar-refractivity contribution in [1.82, 2.24) is 25.1 Å². The number of hydrogen-bond donors (Lipinski definition) is 1. The second-order valence-corrected chi connectivity index (χ2v) is 5.71. The van der Waals surface area contributed by atoms with Gasteiger partial charge in [-0.05, 0) is 51.8 Å². The topological polar surface area (TPSA) is 55.6 Å². The highest BCUT2D eigenvalue weighted by atomic mass is 15.3. The molecule has 1 saturated heterocycles. The molecule has 20 heavy (non-hydrogen) atoms. The van der Waals surface area contributed by atoms with Crippen LogP contribution < -0.4 is 5.32 Å². The molecular weight excluding hydrogens is 250 g/mol. The van der Waals surface area contributed by atoms with E-state index in [2.05, 4.69) is 34.2 Å². The molecule has 1 N–H and O–H groups in total. The first kappa shape index (κ1) is 13.2. The van der Waals surface area contributed by atoms with Gasteiger partial charge in [0.1, 0.15) is 5.69 Å². The van der Waals surface area contributed by atoms with Crippen LogP contribution in [0.3, 0.4) is 0 Å². The molecule has 3 heterocycles. The molecular formula is C15H21N5. The zero-order valence-electron chi connectivity index (χ0n) is 12.1. The van der Waals surface area contributed by atoms with Crippen molar-refractivity contribution in [1.29, 1.82) is 0 Å². The van der Waals surface area contributed by atoms with Crippen LogP contribution in [-0.4, -0.2) is 32.8 Å². The van der Waals surface area contributed by atoms with Gasteiger partial charge in [-0.2, -0.15) is 5.10 Å². The predicted molar refractivity (Wildman–Crippen MR) is 78.3 cm³/mol. The Kier molecular flexibility index (Phi) is 3.78. The largest absolute Gasteiger partial charge is 0.316 e. The molecule has 1 aliphatic heterocycles. The lowest BCUT2D eigenvalue weighted by atomic mass is 10.0. The van der Waals surface area contributed by atoms with Gasteiger partial charge in [0.25, 0.3) is 0 Å². The highest BCUT2D eigenvalue weighted by Gasteiger charge is 2.16. The van der Waals surface area contributed by atoms with Crippen molar-refractivity contribution in [2.24, 2.45) is 5.92 Å². The third kappa shape index (κ3) is 2.72. The van der Waals surface area contributed by atoms with E-state index in [1.807, 2.05) is 29.3 Å². The molecule has 5 nitrogen and oxygen atoms in total. The summed E-state index contributed by atoms with van der Waals surface area (Å²) in [5.41, 5.74) is 3.00. The average molecular weight is 271 g/mol. The summed E-state index contributed by atoms with van der Waals surface area (Å²) < 4.78 is 1.98. The molecule has 0 bridgehead atoms. The van der Waals surface area contributed by atoms with Crippen LogP contribution in [0.4, 0.5) is 0 Å². The summed E-state index contributed by atoms with van der Waals surface area (Å²) in [5.74, 6) is 0.705. The van der Waals surface area contributed by atoms with Crippen LogP contribution in [0.1, 0.15) is 32.0 Å². The Morgan fingerprint density at radius 2 is 2.25 bits per heavy atom. The molecule has 1 aliphatic rings. The van der Waals surface area contributed by atoms with Crippen molar-refractivity contribution in [2.45, 2.75) is 32.7 Å². The summed E-state index contributed by atoms with van der Waals surface area (Å²) >= 11 is 0. The van der Waals surface area contributed by atoms with E-state index < -0.39 is 0 Å². The van der Waals surface area contributed by atoms with Gasteiger partial charge in [0.15, 0.2) is 0 Å². The van der Waals surface area contributed by atoms with Gasteiger partial charge in [0.2, 0.25) is 0 Å². The maximum absolute atomic E-state index is 4.57. The van der Waals surface area contributed by atoms with Crippen LogP contribution >= 0.6 is 0 Å². The van der Waals surface area contributed by atoms with Gasteiger partial charge < -0.3 is 5.32 Å². The number of aromatic nitrogens is 4. The van der Waals surface area contributed by atoms with Crippen LogP contribution in [-0.2, 0) is 6.42 Å². The van der Waals surface area contributed by atoms with Crippen molar-refractivity contribution in [2.75, 3.05) is 13.1 Å². The fourth-order valence-corrected chi connectivity index (χ4v) is 2.71. The van der Waals surface area contributed by atoms with Crippen LogP contribution in [0.2, 0.25) is 0 Å². The minimum absolute atomic E-state index is 0.325. The highest BCUT2D eigenvalue weighted by Crippen LogP contribution is 2.20. The summed E-state index contributed by atoms with van der Waals surface area (Å²) in [4.78, 5) is 9.13. The van der Waals surface area contributed by atoms with E-state index in [4.69, 9.17) is 0 Å². The molecule has 1 fully saturated rings. The minimum atomic E-state index is 0.325. The molecule has 5 heteroatoms. The predicted octanol–water partition coefficient (Wildman–Crippen LogP) is 2.07. The molecule has 1 atom stereocenters. The van der Waals surface area contributed by atoms with E-state index in [1.54, 1.807) is 0 Å². The van der Waals surface area contributed by atoms with Gasteiger partial charge in [-0.25, -0.2) is 0 Å². The van der Waals surface area contributed by atoms with Gasteiger partial charge in [-0.1, -0.05) is 0 Å². The third-order valence-corrected chi connectivity index (χ3v) is 3.79. The summed E-state index contributed by atoms with van der Waals surface area (Å²) in [6.45, 7) is 6.46. The monoisotopic (exact) mass is 271 g/mol. The Morgan fingerprint density at radius 1 is 1.35 bits per heavy atom.